The van der Waals surface area contributed by atoms with Crippen LogP contribution in [0.5, 0.6) is 0 Å². The van der Waals surface area contributed by atoms with Crippen LogP contribution in [0.4, 0.5) is 0 Å². The first-order valence-electron chi connectivity index (χ1n) is 12.3. The molecule has 0 radical (unpaired) electrons. The molecule has 1 aromatic heterocycles. The molecule has 1 heterocycles. The van der Waals surface area contributed by atoms with Crippen LogP contribution in [-0.4, -0.2) is 26.3 Å². The van der Waals surface area contributed by atoms with Gasteiger partial charge in [-0.15, -0.1) is 0 Å². The minimum atomic E-state index is 0.488. The van der Waals surface area contributed by atoms with Gasteiger partial charge in [0.1, 0.15) is 0 Å². The molecule has 3 unspecified atom stereocenters. The van der Waals surface area contributed by atoms with Gasteiger partial charge in [-0.3, -0.25) is 0 Å². The van der Waals surface area contributed by atoms with Gasteiger partial charge in [0, 0.05) is 6.54 Å². The van der Waals surface area contributed by atoms with Crippen LogP contribution in [0.3, 0.4) is 0 Å². The van der Waals surface area contributed by atoms with Crippen molar-refractivity contribution in [1.29, 1.82) is 0 Å². The molecular formula is C26H41NO2. The molecule has 0 bridgehead atoms. The predicted molar refractivity (Wildman–Crippen MR) is 117 cm³/mol. The van der Waals surface area contributed by atoms with E-state index in [9.17, 15) is 0 Å². The van der Waals surface area contributed by atoms with Gasteiger partial charge in [-0.1, -0.05) is 13.8 Å². The molecule has 4 aliphatic rings. The van der Waals surface area contributed by atoms with Gasteiger partial charge in [0.25, 0.3) is 0 Å². The zero-order valence-electron chi connectivity index (χ0n) is 18.8. The number of hydrogen-bond donors (Lipinski definition) is 1. The standard InChI is InChI=1S/C26H41NO2/c1-25-11-8-20(29-15-13-27-3)16-19(25)4-5-21-23-7-6-22(18-10-14-28-17-18)26(23,2)12-9-24(21)25/h10,14,17,19-24,27H,4-9,11-13,15-16H2,1-3H3/t19?,20?,21-,22?,23-,24+,25-,26+/m0/s1. The summed E-state index contributed by atoms with van der Waals surface area (Å²) in [6.45, 7) is 7.14. The van der Waals surface area contributed by atoms with E-state index in [1.807, 2.05) is 19.6 Å². The number of ether oxygens (including phenoxy) is 1. The van der Waals surface area contributed by atoms with Gasteiger partial charge in [0.2, 0.25) is 0 Å². The van der Waals surface area contributed by atoms with E-state index in [0.717, 1.165) is 36.8 Å². The Morgan fingerprint density at radius 2 is 1.86 bits per heavy atom. The van der Waals surface area contributed by atoms with Gasteiger partial charge < -0.3 is 14.5 Å². The molecule has 8 atom stereocenters. The minimum Gasteiger partial charge on any atom is -0.472 e. The SMILES string of the molecule is CNCCOC1CC[C@@]2(C)C(CC[C@@H]3[C@H]2CC[C@]2(C)C(c4ccoc4)CC[C@@H]32)C1. The van der Waals surface area contributed by atoms with E-state index in [4.69, 9.17) is 9.15 Å². The Bertz CT molecular complexity index is 687. The summed E-state index contributed by atoms with van der Waals surface area (Å²) in [5.41, 5.74) is 2.51. The van der Waals surface area contributed by atoms with Crippen LogP contribution in [0.1, 0.15) is 83.1 Å². The van der Waals surface area contributed by atoms with E-state index >= 15 is 0 Å². The Kier molecular flexibility index (Phi) is 5.35. The summed E-state index contributed by atoms with van der Waals surface area (Å²) in [4.78, 5) is 0. The maximum absolute atomic E-state index is 6.22. The van der Waals surface area contributed by atoms with E-state index in [1.165, 1.54) is 63.4 Å². The third kappa shape index (κ3) is 3.22. The molecule has 4 fully saturated rings. The van der Waals surface area contributed by atoms with E-state index in [2.05, 4.69) is 25.2 Å². The summed E-state index contributed by atoms with van der Waals surface area (Å²) in [6, 6.07) is 2.23. The molecule has 29 heavy (non-hydrogen) atoms. The quantitative estimate of drug-likeness (QED) is 0.616. The number of hydrogen-bond acceptors (Lipinski definition) is 3. The minimum absolute atomic E-state index is 0.488. The molecule has 0 aromatic carbocycles. The third-order valence-corrected chi connectivity index (χ3v) is 10.3. The molecule has 1 aromatic rings. The van der Waals surface area contributed by atoms with Gasteiger partial charge in [-0.05, 0) is 117 Å². The van der Waals surface area contributed by atoms with Crippen LogP contribution in [0.2, 0.25) is 0 Å². The van der Waals surface area contributed by atoms with Crippen molar-refractivity contribution in [2.45, 2.75) is 83.7 Å². The van der Waals surface area contributed by atoms with Gasteiger partial charge in [-0.2, -0.15) is 0 Å². The Balaban J connectivity index is 1.31. The van der Waals surface area contributed by atoms with Crippen molar-refractivity contribution in [3.05, 3.63) is 24.2 Å². The highest BCUT2D eigenvalue weighted by atomic mass is 16.5. The fourth-order valence-corrected chi connectivity index (χ4v) is 8.72. The molecule has 3 heteroatoms. The zero-order valence-corrected chi connectivity index (χ0v) is 18.8. The third-order valence-electron chi connectivity index (χ3n) is 10.3. The average molecular weight is 400 g/mol. The Hall–Kier alpha value is -0.800. The molecule has 0 saturated heterocycles. The highest BCUT2D eigenvalue weighted by Crippen LogP contribution is 2.69. The molecule has 5 rings (SSSR count). The van der Waals surface area contributed by atoms with Crippen molar-refractivity contribution in [2.24, 2.45) is 34.5 Å². The summed E-state index contributed by atoms with van der Waals surface area (Å²) in [6.07, 6.45) is 16.9. The van der Waals surface area contributed by atoms with E-state index < -0.39 is 0 Å². The lowest BCUT2D eigenvalue weighted by atomic mass is 9.44. The van der Waals surface area contributed by atoms with Crippen LogP contribution in [0.15, 0.2) is 23.0 Å². The van der Waals surface area contributed by atoms with Crippen LogP contribution in [0, 0.1) is 34.5 Å². The summed E-state index contributed by atoms with van der Waals surface area (Å²) in [5, 5.41) is 3.22. The van der Waals surface area contributed by atoms with Crippen molar-refractivity contribution in [1.82, 2.24) is 5.32 Å². The highest BCUT2D eigenvalue weighted by molar-refractivity contribution is 5.22. The second-order valence-corrected chi connectivity index (χ2v) is 11.3. The maximum Gasteiger partial charge on any atom is 0.0937 e. The average Bonchev–Trinajstić information content (AvgIpc) is 3.35. The van der Waals surface area contributed by atoms with Crippen LogP contribution < -0.4 is 5.32 Å². The van der Waals surface area contributed by atoms with Crippen molar-refractivity contribution in [3.63, 3.8) is 0 Å². The summed E-state index contributed by atoms with van der Waals surface area (Å²) in [5.74, 6) is 4.42. The lowest BCUT2D eigenvalue weighted by molar-refractivity contribution is -0.131. The van der Waals surface area contributed by atoms with E-state index in [1.54, 1.807) is 0 Å². The largest absolute Gasteiger partial charge is 0.472 e. The first kappa shape index (κ1) is 20.1. The monoisotopic (exact) mass is 399 g/mol. The number of nitrogens with one attached hydrogen (secondary N) is 1. The Labute approximate surface area is 177 Å². The number of fused-ring (bicyclic) bond motifs is 5. The molecule has 0 amide bonds. The maximum atomic E-state index is 6.22. The van der Waals surface area contributed by atoms with E-state index in [0.29, 0.717) is 22.9 Å². The first-order valence-corrected chi connectivity index (χ1v) is 12.3. The molecule has 162 valence electrons. The molecule has 1 N–H and O–H groups in total. The van der Waals surface area contributed by atoms with Gasteiger partial charge in [-0.25, -0.2) is 0 Å². The lowest BCUT2D eigenvalue weighted by Crippen LogP contribution is -2.54. The van der Waals surface area contributed by atoms with Crippen molar-refractivity contribution in [3.8, 4) is 0 Å². The fourth-order valence-electron chi connectivity index (χ4n) is 8.72. The van der Waals surface area contributed by atoms with Gasteiger partial charge in [0.15, 0.2) is 0 Å². The topological polar surface area (TPSA) is 34.4 Å². The Morgan fingerprint density at radius 1 is 1.03 bits per heavy atom. The van der Waals surface area contributed by atoms with Crippen LogP contribution >= 0.6 is 0 Å². The normalized spacial score (nSPS) is 46.7. The first-order chi connectivity index (χ1) is 14.1. The molecule has 0 spiro atoms. The molecule has 0 aliphatic heterocycles. The van der Waals surface area contributed by atoms with Gasteiger partial charge in [0.05, 0.1) is 25.2 Å². The number of rotatable bonds is 5. The Morgan fingerprint density at radius 3 is 2.66 bits per heavy atom. The smallest absolute Gasteiger partial charge is 0.0937 e. The predicted octanol–water partition coefficient (Wildman–Crippen LogP) is 6.01. The number of furan rings is 1. The zero-order chi connectivity index (χ0) is 20.1. The van der Waals surface area contributed by atoms with E-state index in [-0.39, 0.29) is 0 Å². The molecule has 4 saturated carbocycles. The summed E-state index contributed by atoms with van der Waals surface area (Å²) < 4.78 is 11.7. The fraction of sp³-hybridized carbons (Fsp3) is 0.846. The number of likely N-dealkylation sites (N-methyl/N-ethyl adjacent to an activating group) is 1. The van der Waals surface area contributed by atoms with Gasteiger partial charge >= 0.3 is 0 Å². The molecule has 3 nitrogen and oxygen atoms in total. The second-order valence-electron chi connectivity index (χ2n) is 11.3. The summed E-state index contributed by atoms with van der Waals surface area (Å²) in [7, 11) is 2.01. The van der Waals surface area contributed by atoms with Crippen molar-refractivity contribution < 1.29 is 9.15 Å². The highest BCUT2D eigenvalue weighted by Gasteiger charge is 2.60. The van der Waals surface area contributed by atoms with Crippen LogP contribution in [0.25, 0.3) is 0 Å². The van der Waals surface area contributed by atoms with Crippen molar-refractivity contribution >= 4 is 0 Å². The summed E-state index contributed by atoms with van der Waals surface area (Å²) >= 11 is 0. The molecule has 4 aliphatic carbocycles. The lowest BCUT2D eigenvalue weighted by Gasteiger charge is -2.61. The second kappa shape index (κ2) is 7.71. The molecular weight excluding hydrogens is 358 g/mol. The van der Waals surface area contributed by atoms with Crippen LogP contribution in [-0.2, 0) is 4.74 Å². The van der Waals surface area contributed by atoms with Crippen molar-refractivity contribution in [2.75, 3.05) is 20.2 Å².